The molecule has 0 bridgehead atoms. The number of nitrogens with zero attached hydrogens (tertiary/aromatic N) is 3. The Morgan fingerprint density at radius 2 is 2.29 bits per heavy atom. The summed E-state index contributed by atoms with van der Waals surface area (Å²) in [7, 11) is 0. The van der Waals surface area contributed by atoms with Crippen LogP contribution in [0.4, 0.5) is 0 Å². The minimum absolute atomic E-state index is 0.141. The van der Waals surface area contributed by atoms with Crippen LogP contribution in [0.2, 0.25) is 0 Å². The van der Waals surface area contributed by atoms with Gasteiger partial charge in [0.05, 0.1) is 0 Å². The molecule has 0 aliphatic heterocycles. The Hall–Kier alpha value is -2.09. The van der Waals surface area contributed by atoms with Gasteiger partial charge in [-0.25, -0.2) is 0 Å². The number of nitrogens with one attached hydrogen (secondary N) is 2. The highest BCUT2D eigenvalue weighted by Gasteiger charge is 2.11. The zero-order valence-corrected chi connectivity index (χ0v) is 10.4. The first kappa shape index (κ1) is 13.0. The monoisotopic (exact) mass is 231 g/mol. The number of aromatic nitrogens is 1. The largest absolute Gasteiger partial charge is 0.351 e. The van der Waals surface area contributed by atoms with Crippen molar-refractivity contribution in [2.24, 2.45) is 4.99 Å². The third-order valence-electron chi connectivity index (χ3n) is 1.84. The predicted octanol–water partition coefficient (Wildman–Crippen LogP) is 1.40. The Labute approximate surface area is 102 Å². The first-order chi connectivity index (χ1) is 8.01. The van der Waals surface area contributed by atoms with Gasteiger partial charge >= 0.3 is 0 Å². The van der Waals surface area contributed by atoms with E-state index >= 15 is 0 Å². The minimum atomic E-state index is -0.141. The molecule has 0 saturated heterocycles. The van der Waals surface area contributed by atoms with Crippen LogP contribution in [0.15, 0.2) is 29.5 Å². The third kappa shape index (κ3) is 5.52. The molecule has 0 aromatic carbocycles. The van der Waals surface area contributed by atoms with Crippen molar-refractivity contribution >= 4 is 5.96 Å². The Balaban J connectivity index is 2.58. The summed E-state index contributed by atoms with van der Waals surface area (Å²) in [6.45, 7) is 6.60. The van der Waals surface area contributed by atoms with E-state index in [1.807, 2.05) is 32.9 Å². The quantitative estimate of drug-likeness (QED) is 0.458. The molecule has 0 saturated carbocycles. The van der Waals surface area contributed by atoms with Gasteiger partial charge in [0.25, 0.3) is 0 Å². The molecule has 1 rings (SSSR count). The van der Waals surface area contributed by atoms with Crippen molar-refractivity contribution in [3.05, 3.63) is 30.1 Å². The highest BCUT2D eigenvalue weighted by Crippen LogP contribution is 1.99. The normalized spacial score (nSPS) is 11.8. The van der Waals surface area contributed by atoms with Gasteiger partial charge in [0, 0.05) is 24.5 Å². The lowest BCUT2D eigenvalue weighted by Gasteiger charge is -2.23. The number of hydrogen-bond donors (Lipinski definition) is 2. The summed E-state index contributed by atoms with van der Waals surface area (Å²) in [5, 5.41) is 14.8. The van der Waals surface area contributed by atoms with Crippen LogP contribution < -0.4 is 10.6 Å². The molecule has 5 heteroatoms. The molecule has 2 N–H and O–H groups in total. The molecule has 0 radical (unpaired) electrons. The highest BCUT2D eigenvalue weighted by molar-refractivity contribution is 5.81. The number of hydrogen-bond acceptors (Lipinski definition) is 3. The van der Waals surface area contributed by atoms with Crippen LogP contribution >= 0.6 is 0 Å². The van der Waals surface area contributed by atoms with E-state index in [-0.39, 0.29) is 5.54 Å². The highest BCUT2D eigenvalue weighted by atomic mass is 15.2. The summed E-state index contributed by atoms with van der Waals surface area (Å²) in [5.74, 6) is 0.476. The molecule has 0 amide bonds. The topological polar surface area (TPSA) is 73.1 Å². The SMILES string of the molecule is CC(C)(C)N/C(=N\C#N)NCc1cccnc1. The molecular weight excluding hydrogens is 214 g/mol. The van der Waals surface area contributed by atoms with Crippen molar-refractivity contribution in [2.45, 2.75) is 32.9 Å². The smallest absolute Gasteiger partial charge is 0.209 e. The molecule has 1 aromatic heterocycles. The molecule has 0 unspecified atom stereocenters. The molecule has 0 aliphatic carbocycles. The molecule has 0 atom stereocenters. The van der Waals surface area contributed by atoms with Gasteiger partial charge in [-0.2, -0.15) is 5.26 Å². The van der Waals surface area contributed by atoms with Gasteiger partial charge in [0.15, 0.2) is 0 Å². The zero-order valence-electron chi connectivity index (χ0n) is 10.4. The molecule has 0 spiro atoms. The van der Waals surface area contributed by atoms with Crippen LogP contribution in [0, 0.1) is 11.5 Å². The summed E-state index contributed by atoms with van der Waals surface area (Å²) in [4.78, 5) is 7.72. The zero-order chi connectivity index (χ0) is 12.7. The fourth-order valence-electron chi connectivity index (χ4n) is 1.21. The molecule has 0 fully saturated rings. The van der Waals surface area contributed by atoms with Gasteiger partial charge in [0.1, 0.15) is 0 Å². The molecule has 90 valence electrons. The molecule has 17 heavy (non-hydrogen) atoms. The average Bonchev–Trinajstić information content (AvgIpc) is 2.26. The lowest BCUT2D eigenvalue weighted by Crippen LogP contribution is -2.47. The van der Waals surface area contributed by atoms with Crippen LogP contribution in [-0.4, -0.2) is 16.5 Å². The van der Waals surface area contributed by atoms with Crippen LogP contribution in [0.25, 0.3) is 0 Å². The fourth-order valence-corrected chi connectivity index (χ4v) is 1.21. The first-order valence-electron chi connectivity index (χ1n) is 5.39. The van der Waals surface area contributed by atoms with Crippen LogP contribution in [0.3, 0.4) is 0 Å². The van der Waals surface area contributed by atoms with E-state index in [2.05, 4.69) is 20.6 Å². The van der Waals surface area contributed by atoms with Gasteiger partial charge in [0.2, 0.25) is 12.2 Å². The maximum Gasteiger partial charge on any atom is 0.209 e. The second-order valence-electron chi connectivity index (χ2n) is 4.65. The van der Waals surface area contributed by atoms with Crippen molar-refractivity contribution < 1.29 is 0 Å². The Morgan fingerprint density at radius 1 is 1.53 bits per heavy atom. The van der Waals surface area contributed by atoms with Gasteiger partial charge in [-0.3, -0.25) is 4.98 Å². The molecule has 5 nitrogen and oxygen atoms in total. The molecular formula is C12H17N5. The van der Waals surface area contributed by atoms with Gasteiger partial charge < -0.3 is 10.6 Å². The standard InChI is InChI=1S/C12H17N5/c1-12(2,3)17-11(16-9-13)15-8-10-5-4-6-14-7-10/h4-7H,8H2,1-3H3,(H2,15,16,17). The molecule has 1 heterocycles. The van der Waals surface area contributed by atoms with Crippen LogP contribution in [0.1, 0.15) is 26.3 Å². The number of nitriles is 1. The first-order valence-corrected chi connectivity index (χ1v) is 5.39. The van der Waals surface area contributed by atoms with Crippen LogP contribution in [0.5, 0.6) is 0 Å². The van der Waals surface area contributed by atoms with Crippen molar-refractivity contribution in [3.63, 3.8) is 0 Å². The second-order valence-corrected chi connectivity index (χ2v) is 4.65. The van der Waals surface area contributed by atoms with Gasteiger partial charge in [-0.1, -0.05) is 6.07 Å². The maximum atomic E-state index is 8.60. The van der Waals surface area contributed by atoms with Crippen molar-refractivity contribution in [1.29, 1.82) is 5.26 Å². The maximum absolute atomic E-state index is 8.60. The summed E-state index contributed by atoms with van der Waals surface area (Å²) in [5.41, 5.74) is 0.895. The third-order valence-corrected chi connectivity index (χ3v) is 1.84. The summed E-state index contributed by atoms with van der Waals surface area (Å²) in [6.07, 6.45) is 5.27. The lowest BCUT2D eigenvalue weighted by atomic mass is 10.1. The average molecular weight is 231 g/mol. The van der Waals surface area contributed by atoms with Crippen molar-refractivity contribution in [3.8, 4) is 6.19 Å². The number of aliphatic imine (C=N–C) groups is 1. The number of pyridine rings is 1. The van der Waals surface area contributed by atoms with E-state index in [0.717, 1.165) is 5.56 Å². The van der Waals surface area contributed by atoms with E-state index in [9.17, 15) is 0 Å². The van der Waals surface area contributed by atoms with E-state index in [0.29, 0.717) is 12.5 Å². The fraction of sp³-hybridized carbons (Fsp3) is 0.417. The minimum Gasteiger partial charge on any atom is -0.351 e. The van der Waals surface area contributed by atoms with E-state index in [1.165, 1.54) is 0 Å². The lowest BCUT2D eigenvalue weighted by molar-refractivity contribution is 0.502. The Kier molecular flexibility index (Phi) is 4.46. The van der Waals surface area contributed by atoms with Gasteiger partial charge in [-0.15, -0.1) is 4.99 Å². The van der Waals surface area contributed by atoms with Crippen LogP contribution in [-0.2, 0) is 6.54 Å². The van der Waals surface area contributed by atoms with E-state index < -0.39 is 0 Å². The molecule has 1 aromatic rings. The Bertz CT molecular complexity index is 411. The van der Waals surface area contributed by atoms with Crippen molar-refractivity contribution in [1.82, 2.24) is 15.6 Å². The Morgan fingerprint density at radius 3 is 2.82 bits per heavy atom. The summed E-state index contributed by atoms with van der Waals surface area (Å²) >= 11 is 0. The van der Waals surface area contributed by atoms with Gasteiger partial charge in [-0.05, 0) is 32.4 Å². The van der Waals surface area contributed by atoms with E-state index in [4.69, 9.17) is 5.26 Å². The number of guanidine groups is 1. The number of rotatable bonds is 2. The second kappa shape index (κ2) is 5.85. The predicted molar refractivity (Wildman–Crippen MR) is 67.0 cm³/mol. The molecule has 0 aliphatic rings. The summed E-state index contributed by atoms with van der Waals surface area (Å²) < 4.78 is 0. The van der Waals surface area contributed by atoms with Crippen molar-refractivity contribution in [2.75, 3.05) is 0 Å². The summed E-state index contributed by atoms with van der Waals surface area (Å²) in [6, 6.07) is 3.83. The van der Waals surface area contributed by atoms with E-state index in [1.54, 1.807) is 18.6 Å².